The molecule has 4 rings (SSSR count). The highest BCUT2D eigenvalue weighted by molar-refractivity contribution is 6.31. The van der Waals surface area contributed by atoms with Crippen LogP contribution in [0.15, 0.2) is 35.4 Å². The zero-order valence-electron chi connectivity index (χ0n) is 25.5. The van der Waals surface area contributed by atoms with Gasteiger partial charge in [0, 0.05) is 40.4 Å². The van der Waals surface area contributed by atoms with Crippen LogP contribution in [0.4, 0.5) is 0 Å². The fourth-order valence-electron chi connectivity index (χ4n) is 5.58. The number of aromatic amines is 3. The first-order chi connectivity index (χ1) is 21.3. The molecule has 1 aliphatic heterocycles. The summed E-state index contributed by atoms with van der Waals surface area (Å²) in [5, 5.41) is 20.0. The minimum absolute atomic E-state index is 0.116. The Bertz CT molecular complexity index is 1990. The van der Waals surface area contributed by atoms with Crippen molar-refractivity contribution in [2.24, 2.45) is 4.99 Å². The van der Waals surface area contributed by atoms with Gasteiger partial charge in [0.25, 0.3) is 5.91 Å². The minimum Gasteiger partial charge on any atom is -0.481 e. The second kappa shape index (κ2) is 13.0. The van der Waals surface area contributed by atoms with Crippen LogP contribution in [0.5, 0.6) is 0 Å². The van der Waals surface area contributed by atoms with Crippen molar-refractivity contribution in [3.8, 4) is 0 Å². The highest BCUT2D eigenvalue weighted by Gasteiger charge is 2.25. The van der Waals surface area contributed by atoms with E-state index in [1.807, 2.05) is 6.92 Å². The van der Waals surface area contributed by atoms with Crippen LogP contribution in [0.25, 0.3) is 18.2 Å². The summed E-state index contributed by atoms with van der Waals surface area (Å²) < 4.78 is 0. The first-order valence-corrected chi connectivity index (χ1v) is 14.2. The molecule has 3 aromatic rings. The van der Waals surface area contributed by atoms with Crippen LogP contribution in [0, 0.1) is 20.8 Å². The van der Waals surface area contributed by atoms with E-state index in [0.29, 0.717) is 67.4 Å². The number of hydrogen-bond donors (Lipinski definition) is 5. The Morgan fingerprint density at radius 3 is 1.96 bits per heavy atom. The maximum absolute atomic E-state index is 13.8. The number of carboxylic acids is 2. The zero-order valence-corrected chi connectivity index (χ0v) is 25.5. The molecule has 0 atom stereocenters. The van der Waals surface area contributed by atoms with Crippen molar-refractivity contribution in [3.05, 3.63) is 97.2 Å². The summed E-state index contributed by atoms with van der Waals surface area (Å²) in [6.07, 6.45) is 6.99. The molecule has 232 valence electrons. The van der Waals surface area contributed by atoms with Gasteiger partial charge in [0.05, 0.1) is 22.8 Å². The Morgan fingerprint density at radius 1 is 0.778 bits per heavy atom. The van der Waals surface area contributed by atoms with Crippen molar-refractivity contribution in [2.75, 3.05) is 0 Å². The first-order valence-electron chi connectivity index (χ1n) is 14.2. The fourth-order valence-corrected chi connectivity index (χ4v) is 5.58. The van der Waals surface area contributed by atoms with Crippen LogP contribution >= 0.6 is 0 Å². The SMILES string of the molecule is C=CC1=C(C)C(C=c2[nH]/c(=C\c3[nH]c(C(=O)c4[nH]c(C=O)c(C)c4C=C)c(C)c3CCC(=O)O)c(CCC(=O)O)c2C)=NC1=O. The molecular formula is C34H34N4O7. The van der Waals surface area contributed by atoms with Gasteiger partial charge >= 0.3 is 11.9 Å². The molecule has 1 aliphatic rings. The van der Waals surface area contributed by atoms with E-state index in [4.69, 9.17) is 0 Å². The van der Waals surface area contributed by atoms with E-state index in [1.165, 1.54) is 12.2 Å². The molecule has 0 spiro atoms. The van der Waals surface area contributed by atoms with Crippen molar-refractivity contribution < 1.29 is 34.2 Å². The van der Waals surface area contributed by atoms with E-state index in [-0.39, 0.29) is 42.8 Å². The van der Waals surface area contributed by atoms with Gasteiger partial charge < -0.3 is 25.2 Å². The normalized spacial score (nSPS) is 13.9. The van der Waals surface area contributed by atoms with E-state index in [9.17, 15) is 34.2 Å². The van der Waals surface area contributed by atoms with Crippen molar-refractivity contribution >= 4 is 53.9 Å². The predicted molar refractivity (Wildman–Crippen MR) is 170 cm³/mol. The Balaban J connectivity index is 1.95. The molecule has 0 aliphatic carbocycles. The quantitative estimate of drug-likeness (QED) is 0.145. The number of allylic oxidation sites excluding steroid dienone is 1. The molecule has 0 saturated heterocycles. The number of nitrogens with zero attached hydrogens (tertiary/aromatic N) is 1. The van der Waals surface area contributed by atoms with Gasteiger partial charge in [-0.2, -0.15) is 0 Å². The number of H-pyrrole nitrogens is 3. The molecular weight excluding hydrogens is 576 g/mol. The van der Waals surface area contributed by atoms with Crippen LogP contribution < -0.4 is 10.7 Å². The number of amides is 1. The largest absolute Gasteiger partial charge is 0.481 e. The molecule has 11 heteroatoms. The van der Waals surface area contributed by atoms with Crippen LogP contribution in [0.3, 0.4) is 0 Å². The third-order valence-electron chi connectivity index (χ3n) is 8.17. The number of nitrogens with one attached hydrogen (secondary N) is 3. The molecule has 11 nitrogen and oxygen atoms in total. The molecule has 0 bridgehead atoms. The molecule has 3 aromatic heterocycles. The number of aliphatic carboxylic acids is 2. The van der Waals surface area contributed by atoms with Gasteiger partial charge in [-0.15, -0.1) is 0 Å². The van der Waals surface area contributed by atoms with Gasteiger partial charge in [0.1, 0.15) is 0 Å². The maximum atomic E-state index is 13.8. The smallest absolute Gasteiger partial charge is 0.303 e. The summed E-state index contributed by atoms with van der Waals surface area (Å²) >= 11 is 0. The van der Waals surface area contributed by atoms with Crippen LogP contribution in [0.2, 0.25) is 0 Å². The van der Waals surface area contributed by atoms with Crippen molar-refractivity contribution in [3.63, 3.8) is 0 Å². The summed E-state index contributed by atoms with van der Waals surface area (Å²) in [5.74, 6) is -2.81. The first kappa shape index (κ1) is 32.3. The van der Waals surface area contributed by atoms with E-state index in [1.54, 1.807) is 32.9 Å². The molecule has 1 amide bonds. The van der Waals surface area contributed by atoms with E-state index < -0.39 is 23.6 Å². The fraction of sp³-hybridized carbons (Fsp3) is 0.235. The topological polar surface area (TPSA) is 186 Å². The summed E-state index contributed by atoms with van der Waals surface area (Å²) in [7, 11) is 0. The Labute approximate surface area is 258 Å². The van der Waals surface area contributed by atoms with Gasteiger partial charge in [0.15, 0.2) is 6.29 Å². The monoisotopic (exact) mass is 610 g/mol. The summed E-state index contributed by atoms with van der Waals surface area (Å²) in [6.45, 7) is 14.5. The lowest BCUT2D eigenvalue weighted by Gasteiger charge is -2.02. The number of ketones is 1. The highest BCUT2D eigenvalue weighted by Crippen LogP contribution is 2.27. The standard InChI is InChI=1S/C34H34N4O7/c1-7-20-16(3)28(15-39)37-32(20)33(44)31-19(6)23(10-12-30(42)43)27(36-31)14-26-22(9-11-29(40)41)18(5)24(35-26)13-25-17(4)21(8-2)34(45)38-25/h7-8,13-15,35-37H,1-2,9-12H2,3-6H3,(H,40,41)(H,42,43)/b24-13?,26-14-. The van der Waals surface area contributed by atoms with Gasteiger partial charge in [-0.3, -0.25) is 24.0 Å². The van der Waals surface area contributed by atoms with Gasteiger partial charge in [-0.25, -0.2) is 4.99 Å². The predicted octanol–water partition coefficient (Wildman–Crippen LogP) is 3.41. The second-order valence-electron chi connectivity index (χ2n) is 10.8. The Morgan fingerprint density at radius 2 is 1.40 bits per heavy atom. The third-order valence-corrected chi connectivity index (χ3v) is 8.17. The van der Waals surface area contributed by atoms with E-state index >= 15 is 0 Å². The number of carbonyl (C=O) groups is 5. The Hall–Kier alpha value is -5.58. The van der Waals surface area contributed by atoms with Crippen LogP contribution in [0.1, 0.15) is 85.5 Å². The highest BCUT2D eigenvalue weighted by atomic mass is 16.4. The lowest BCUT2D eigenvalue weighted by molar-refractivity contribution is -0.138. The number of aliphatic imine (C=N–C) groups is 1. The lowest BCUT2D eigenvalue weighted by atomic mass is 10.00. The minimum atomic E-state index is -1.01. The third kappa shape index (κ3) is 6.23. The second-order valence-corrected chi connectivity index (χ2v) is 10.8. The summed E-state index contributed by atoms with van der Waals surface area (Å²) in [5.41, 5.74) is 6.30. The van der Waals surface area contributed by atoms with E-state index in [2.05, 4.69) is 33.1 Å². The number of hydrogen-bond acceptors (Lipinski definition) is 5. The van der Waals surface area contributed by atoms with Crippen molar-refractivity contribution in [2.45, 2.75) is 53.4 Å². The van der Waals surface area contributed by atoms with E-state index in [0.717, 1.165) is 5.56 Å². The molecule has 0 aromatic carbocycles. The summed E-state index contributed by atoms with van der Waals surface area (Å²) in [6, 6.07) is 0. The molecule has 0 saturated carbocycles. The molecule has 5 N–H and O–H groups in total. The molecule has 4 heterocycles. The van der Waals surface area contributed by atoms with Crippen molar-refractivity contribution in [1.82, 2.24) is 15.0 Å². The van der Waals surface area contributed by atoms with Gasteiger partial charge in [0.2, 0.25) is 5.78 Å². The maximum Gasteiger partial charge on any atom is 0.303 e. The number of aromatic nitrogens is 3. The number of aldehydes is 1. The Kier molecular flexibility index (Phi) is 9.32. The van der Waals surface area contributed by atoms with Crippen LogP contribution in [-0.2, 0) is 27.2 Å². The molecule has 0 fully saturated rings. The average molecular weight is 611 g/mol. The number of carbonyl (C=O) groups excluding carboxylic acids is 3. The average Bonchev–Trinajstić information content (AvgIpc) is 3.66. The van der Waals surface area contributed by atoms with Gasteiger partial charge in [-0.1, -0.05) is 25.3 Å². The number of rotatable bonds is 13. The molecule has 0 unspecified atom stereocenters. The number of carboxylic acid groups (broad SMARTS) is 2. The van der Waals surface area contributed by atoms with Gasteiger partial charge in [-0.05, 0) is 86.1 Å². The van der Waals surface area contributed by atoms with Crippen molar-refractivity contribution in [1.29, 1.82) is 0 Å². The molecule has 45 heavy (non-hydrogen) atoms. The zero-order chi connectivity index (χ0) is 33.2. The molecule has 0 radical (unpaired) electrons. The lowest BCUT2D eigenvalue weighted by Crippen LogP contribution is -2.15. The van der Waals surface area contributed by atoms with Crippen LogP contribution in [-0.4, -0.2) is 60.8 Å². The summed E-state index contributed by atoms with van der Waals surface area (Å²) in [4.78, 5) is 74.2.